The first-order chi connectivity index (χ1) is 7.38. The van der Waals surface area contributed by atoms with Crippen molar-refractivity contribution in [3.8, 4) is 0 Å². The molecule has 2 rings (SSSR count). The maximum Gasteiger partial charge on any atom is 0.421 e. The third-order valence-corrected chi connectivity index (χ3v) is 3.01. The highest BCUT2D eigenvalue weighted by Gasteiger charge is 2.36. The number of amides is 2. The van der Waals surface area contributed by atoms with Crippen molar-refractivity contribution in [2.24, 2.45) is 0 Å². The van der Waals surface area contributed by atoms with Crippen molar-refractivity contribution < 1.29 is 14.3 Å². The minimum absolute atomic E-state index is 0.212. The van der Waals surface area contributed by atoms with Crippen LogP contribution in [0, 0.1) is 0 Å². The summed E-state index contributed by atoms with van der Waals surface area (Å²) in [5, 5.41) is 1.87. The zero-order chi connectivity index (χ0) is 11.9. The van der Waals surface area contributed by atoms with Gasteiger partial charge in [0.15, 0.2) is 0 Å². The van der Waals surface area contributed by atoms with E-state index in [1.165, 1.54) is 11.3 Å². The molecule has 0 saturated carbocycles. The van der Waals surface area contributed by atoms with Crippen LogP contribution in [0.25, 0.3) is 0 Å². The second kappa shape index (κ2) is 3.59. The number of anilines is 1. The smallest absolute Gasteiger partial charge is 0.421 e. The van der Waals surface area contributed by atoms with Gasteiger partial charge in [-0.05, 0) is 32.2 Å². The monoisotopic (exact) mass is 239 g/mol. The van der Waals surface area contributed by atoms with Crippen LogP contribution in [0.5, 0.6) is 0 Å². The van der Waals surface area contributed by atoms with Gasteiger partial charge >= 0.3 is 6.09 Å². The van der Waals surface area contributed by atoms with Crippen molar-refractivity contribution in [3.05, 3.63) is 16.3 Å². The highest BCUT2D eigenvalue weighted by Crippen LogP contribution is 2.34. The predicted molar refractivity (Wildman–Crippen MR) is 61.7 cm³/mol. The highest BCUT2D eigenvalue weighted by atomic mass is 32.1. The summed E-state index contributed by atoms with van der Waals surface area (Å²) in [5.41, 5.74) is 0.0834. The number of ether oxygens (including phenoxy) is 1. The first kappa shape index (κ1) is 11.1. The number of imide groups is 1. The minimum atomic E-state index is -0.588. The van der Waals surface area contributed by atoms with Gasteiger partial charge in [-0.25, -0.2) is 9.69 Å². The van der Waals surface area contributed by atoms with Gasteiger partial charge in [0.1, 0.15) is 5.60 Å². The van der Waals surface area contributed by atoms with E-state index in [2.05, 4.69) is 0 Å². The van der Waals surface area contributed by atoms with E-state index >= 15 is 0 Å². The van der Waals surface area contributed by atoms with Gasteiger partial charge in [0.25, 0.3) is 0 Å². The lowest BCUT2D eigenvalue weighted by Crippen LogP contribution is -2.38. The normalized spacial score (nSPS) is 15.2. The van der Waals surface area contributed by atoms with E-state index in [9.17, 15) is 9.59 Å². The lowest BCUT2D eigenvalue weighted by Gasteiger charge is -2.23. The van der Waals surface area contributed by atoms with Gasteiger partial charge in [0.2, 0.25) is 5.91 Å². The molecule has 1 aliphatic heterocycles. The molecule has 0 saturated heterocycles. The number of fused-ring (bicyclic) bond motifs is 1. The topological polar surface area (TPSA) is 46.6 Å². The molecule has 0 aromatic carbocycles. The fourth-order valence-corrected chi connectivity index (χ4v) is 2.37. The van der Waals surface area contributed by atoms with Crippen molar-refractivity contribution in [1.29, 1.82) is 0 Å². The Labute approximate surface area is 97.8 Å². The Balaban J connectivity index is 2.22. The van der Waals surface area contributed by atoms with Crippen molar-refractivity contribution in [2.75, 3.05) is 4.90 Å². The summed E-state index contributed by atoms with van der Waals surface area (Å²) in [6.45, 7) is 5.33. The van der Waals surface area contributed by atoms with Crippen LogP contribution in [0.2, 0.25) is 0 Å². The molecule has 16 heavy (non-hydrogen) atoms. The zero-order valence-corrected chi connectivity index (χ0v) is 10.3. The summed E-state index contributed by atoms with van der Waals surface area (Å²) in [6, 6.07) is 1.77. The molecule has 0 bridgehead atoms. The third kappa shape index (κ3) is 1.95. The van der Waals surface area contributed by atoms with E-state index in [1.54, 1.807) is 26.8 Å². The number of hydrogen-bond donors (Lipinski definition) is 0. The summed E-state index contributed by atoms with van der Waals surface area (Å²) in [4.78, 5) is 25.5. The molecule has 0 atom stereocenters. The molecule has 2 heterocycles. The van der Waals surface area contributed by atoms with Gasteiger partial charge in [-0.1, -0.05) is 0 Å². The zero-order valence-electron chi connectivity index (χ0n) is 9.44. The second-order valence-electron chi connectivity index (χ2n) is 4.62. The van der Waals surface area contributed by atoms with Gasteiger partial charge in [0, 0.05) is 4.88 Å². The molecular weight excluding hydrogens is 226 g/mol. The fraction of sp³-hybridized carbons (Fsp3) is 0.455. The number of rotatable bonds is 0. The molecule has 0 fully saturated rings. The summed E-state index contributed by atoms with van der Waals surface area (Å²) in [5.74, 6) is -0.212. The molecule has 0 N–H and O–H groups in total. The van der Waals surface area contributed by atoms with Gasteiger partial charge in [-0.2, -0.15) is 0 Å². The molecule has 4 nitrogen and oxygen atoms in total. The van der Waals surface area contributed by atoms with Gasteiger partial charge in [-0.3, -0.25) is 4.79 Å². The van der Waals surface area contributed by atoms with Crippen LogP contribution in [-0.2, 0) is 16.0 Å². The van der Waals surface area contributed by atoms with Crippen LogP contribution < -0.4 is 4.90 Å². The van der Waals surface area contributed by atoms with E-state index in [0.717, 1.165) is 9.78 Å². The third-order valence-electron chi connectivity index (χ3n) is 2.10. The van der Waals surface area contributed by atoms with Crippen molar-refractivity contribution in [2.45, 2.75) is 32.8 Å². The number of hydrogen-bond acceptors (Lipinski definition) is 4. The summed E-state index contributed by atoms with van der Waals surface area (Å²) >= 11 is 1.48. The second-order valence-corrected chi connectivity index (χ2v) is 5.62. The van der Waals surface area contributed by atoms with Crippen LogP contribution in [0.15, 0.2) is 11.4 Å². The Morgan fingerprint density at radius 1 is 1.50 bits per heavy atom. The number of thiophene rings is 1. The number of carbonyl (C=O) groups is 2. The summed E-state index contributed by atoms with van der Waals surface area (Å²) in [7, 11) is 0. The molecule has 0 radical (unpaired) electrons. The Bertz CT molecular complexity index is 444. The van der Waals surface area contributed by atoms with E-state index in [4.69, 9.17) is 4.74 Å². The van der Waals surface area contributed by atoms with E-state index in [-0.39, 0.29) is 5.91 Å². The molecule has 0 spiro atoms. The van der Waals surface area contributed by atoms with Crippen molar-refractivity contribution in [3.63, 3.8) is 0 Å². The van der Waals surface area contributed by atoms with Gasteiger partial charge in [0.05, 0.1) is 12.1 Å². The Hall–Kier alpha value is -1.36. The predicted octanol–water partition coefficient (Wildman–Crippen LogP) is 2.57. The molecule has 2 amide bonds. The number of carbonyl (C=O) groups excluding carboxylic acids is 2. The fourth-order valence-electron chi connectivity index (χ4n) is 1.52. The molecular formula is C11H13NO3S. The van der Waals surface area contributed by atoms with Crippen LogP contribution in [0.1, 0.15) is 25.6 Å². The Morgan fingerprint density at radius 3 is 2.81 bits per heavy atom. The van der Waals surface area contributed by atoms with Crippen LogP contribution in [-0.4, -0.2) is 17.6 Å². The van der Waals surface area contributed by atoms with Crippen molar-refractivity contribution in [1.82, 2.24) is 0 Å². The maximum absolute atomic E-state index is 11.8. The molecule has 1 aromatic rings. The van der Waals surface area contributed by atoms with E-state index in [1.807, 2.05) is 5.38 Å². The maximum atomic E-state index is 11.8. The quantitative estimate of drug-likeness (QED) is 0.699. The first-order valence-corrected chi connectivity index (χ1v) is 5.89. The van der Waals surface area contributed by atoms with Gasteiger partial charge < -0.3 is 4.74 Å². The van der Waals surface area contributed by atoms with Crippen LogP contribution in [0.4, 0.5) is 10.5 Å². The minimum Gasteiger partial charge on any atom is -0.443 e. The first-order valence-electron chi connectivity index (χ1n) is 5.01. The number of nitrogens with zero attached hydrogens (tertiary/aromatic N) is 1. The van der Waals surface area contributed by atoms with Crippen LogP contribution in [0.3, 0.4) is 0 Å². The molecule has 0 aliphatic carbocycles. The molecule has 0 unspecified atom stereocenters. The Morgan fingerprint density at radius 2 is 2.19 bits per heavy atom. The van der Waals surface area contributed by atoms with E-state index < -0.39 is 11.7 Å². The molecule has 1 aromatic heterocycles. The average Bonchev–Trinajstić information content (AvgIpc) is 2.58. The lowest BCUT2D eigenvalue weighted by molar-refractivity contribution is -0.117. The molecule has 1 aliphatic rings. The standard InChI is InChI=1S/C11H13NO3S/c1-11(2,3)15-10(14)12-7-4-5-16-8(7)6-9(12)13/h4-5H,6H2,1-3H3. The van der Waals surface area contributed by atoms with Crippen molar-refractivity contribution >= 4 is 29.0 Å². The van der Waals surface area contributed by atoms with Gasteiger partial charge in [-0.15, -0.1) is 11.3 Å². The molecule has 86 valence electrons. The van der Waals surface area contributed by atoms with Crippen LogP contribution >= 0.6 is 11.3 Å². The highest BCUT2D eigenvalue weighted by molar-refractivity contribution is 7.10. The summed E-state index contributed by atoms with van der Waals surface area (Å²) < 4.78 is 5.19. The lowest BCUT2D eigenvalue weighted by atomic mass is 10.2. The summed E-state index contributed by atoms with van der Waals surface area (Å²) in [6.07, 6.45) is -0.290. The molecule has 5 heteroatoms. The van der Waals surface area contributed by atoms with E-state index in [0.29, 0.717) is 12.1 Å². The Kier molecular flexibility index (Phi) is 2.50. The average molecular weight is 239 g/mol. The largest absolute Gasteiger partial charge is 0.443 e. The SMILES string of the molecule is CC(C)(C)OC(=O)N1C(=O)Cc2sccc21.